The molecular formula is C19H21N5O3S2. The zero-order valence-corrected chi connectivity index (χ0v) is 17.6. The number of benzene rings is 1. The fourth-order valence-electron chi connectivity index (χ4n) is 2.55. The van der Waals surface area contributed by atoms with Gasteiger partial charge in [0.05, 0.1) is 11.1 Å². The number of nitrogens with one attached hydrogen (secondary N) is 2. The number of urea groups is 1. The maximum atomic E-state index is 12.8. The van der Waals surface area contributed by atoms with Crippen molar-refractivity contribution in [2.45, 2.75) is 19.0 Å². The van der Waals surface area contributed by atoms with Crippen molar-refractivity contribution < 1.29 is 9.59 Å². The molecule has 2 heterocycles. The van der Waals surface area contributed by atoms with Crippen LogP contribution in [-0.4, -0.2) is 33.9 Å². The molecular weight excluding hydrogens is 410 g/mol. The van der Waals surface area contributed by atoms with E-state index in [0.717, 1.165) is 27.6 Å². The Hall–Kier alpha value is -2.85. The molecule has 0 saturated heterocycles. The number of thiophene rings is 1. The normalized spacial score (nSPS) is 11.0. The van der Waals surface area contributed by atoms with Gasteiger partial charge in [-0.25, -0.2) is 14.5 Å². The lowest BCUT2D eigenvalue weighted by atomic mass is 10.1. The van der Waals surface area contributed by atoms with Gasteiger partial charge in [-0.05, 0) is 11.5 Å². The van der Waals surface area contributed by atoms with Crippen molar-refractivity contribution in [1.82, 2.24) is 20.3 Å². The van der Waals surface area contributed by atoms with Gasteiger partial charge in [-0.1, -0.05) is 55.9 Å². The molecule has 0 aliphatic heterocycles. The van der Waals surface area contributed by atoms with Gasteiger partial charge in [0.25, 0.3) is 5.56 Å². The molecule has 0 bridgehead atoms. The van der Waals surface area contributed by atoms with Crippen molar-refractivity contribution in [3.63, 3.8) is 0 Å². The van der Waals surface area contributed by atoms with E-state index in [4.69, 9.17) is 5.84 Å². The number of nitrogen functional groups attached to an aromatic ring is 1. The van der Waals surface area contributed by atoms with Crippen LogP contribution in [0.1, 0.15) is 13.8 Å². The van der Waals surface area contributed by atoms with Gasteiger partial charge in [0.2, 0.25) is 5.91 Å². The average Bonchev–Trinajstić information content (AvgIpc) is 3.12. The molecule has 3 rings (SSSR count). The largest absolute Gasteiger partial charge is 0.338 e. The molecule has 0 unspecified atom stereocenters. The molecule has 3 amide bonds. The van der Waals surface area contributed by atoms with Crippen molar-refractivity contribution in [3.8, 4) is 11.1 Å². The van der Waals surface area contributed by atoms with Gasteiger partial charge in [0.1, 0.15) is 4.83 Å². The van der Waals surface area contributed by atoms with E-state index in [1.165, 1.54) is 11.3 Å². The third-order valence-corrected chi connectivity index (χ3v) is 5.77. The monoisotopic (exact) mass is 431 g/mol. The quantitative estimate of drug-likeness (QED) is 0.313. The lowest BCUT2D eigenvalue weighted by molar-refractivity contribution is -0.117. The summed E-state index contributed by atoms with van der Waals surface area (Å²) in [5.74, 6) is 5.62. The number of rotatable bonds is 6. The van der Waals surface area contributed by atoms with E-state index in [0.29, 0.717) is 16.8 Å². The van der Waals surface area contributed by atoms with E-state index in [-0.39, 0.29) is 22.4 Å². The van der Waals surface area contributed by atoms with Gasteiger partial charge < -0.3 is 11.2 Å². The highest BCUT2D eigenvalue weighted by molar-refractivity contribution is 7.99. The van der Waals surface area contributed by atoms with Crippen LogP contribution in [-0.2, 0) is 4.79 Å². The Morgan fingerprint density at radius 1 is 1.28 bits per heavy atom. The van der Waals surface area contributed by atoms with Crippen LogP contribution in [0, 0.1) is 5.92 Å². The van der Waals surface area contributed by atoms with Crippen molar-refractivity contribution in [3.05, 3.63) is 46.1 Å². The van der Waals surface area contributed by atoms with Crippen LogP contribution >= 0.6 is 23.1 Å². The van der Waals surface area contributed by atoms with E-state index < -0.39 is 11.9 Å². The van der Waals surface area contributed by atoms with Gasteiger partial charge in [-0.3, -0.25) is 14.9 Å². The minimum atomic E-state index is -0.552. The molecule has 1 aromatic carbocycles. The Labute approximate surface area is 175 Å². The molecule has 4 N–H and O–H groups in total. The number of nitrogens with two attached hydrogens (primary N) is 1. The molecule has 0 radical (unpaired) electrons. The van der Waals surface area contributed by atoms with Crippen LogP contribution in [0.2, 0.25) is 0 Å². The summed E-state index contributed by atoms with van der Waals surface area (Å²) in [5, 5.41) is 7.37. The highest BCUT2D eigenvalue weighted by Gasteiger charge is 2.17. The number of nitrogens with zero attached hydrogens (tertiary/aromatic N) is 2. The maximum absolute atomic E-state index is 12.8. The number of hydrogen-bond acceptors (Lipinski definition) is 7. The van der Waals surface area contributed by atoms with E-state index in [1.54, 1.807) is 0 Å². The number of imide groups is 1. The second-order valence-corrected chi connectivity index (χ2v) is 8.51. The summed E-state index contributed by atoms with van der Waals surface area (Å²) in [7, 11) is 0. The fraction of sp³-hybridized carbons (Fsp3) is 0.263. The van der Waals surface area contributed by atoms with Crippen LogP contribution in [0.3, 0.4) is 0 Å². The van der Waals surface area contributed by atoms with Crippen LogP contribution in [0.15, 0.2) is 45.7 Å². The zero-order valence-electron chi connectivity index (χ0n) is 16.0. The lowest BCUT2D eigenvalue weighted by Gasteiger charge is -2.09. The first-order chi connectivity index (χ1) is 13.9. The van der Waals surface area contributed by atoms with Crippen molar-refractivity contribution in [2.24, 2.45) is 5.92 Å². The maximum Gasteiger partial charge on any atom is 0.321 e. The summed E-state index contributed by atoms with van der Waals surface area (Å²) >= 11 is 2.34. The molecule has 2 aromatic heterocycles. The van der Waals surface area contributed by atoms with Crippen molar-refractivity contribution in [2.75, 3.05) is 18.1 Å². The number of thioether (sulfide) groups is 1. The van der Waals surface area contributed by atoms with Gasteiger partial charge in [0, 0.05) is 17.5 Å². The van der Waals surface area contributed by atoms with Crippen LogP contribution in [0.5, 0.6) is 0 Å². The first kappa shape index (κ1) is 20.9. The number of carbonyl (C=O) groups is 2. The van der Waals surface area contributed by atoms with Gasteiger partial charge in [-0.2, -0.15) is 0 Å². The van der Waals surface area contributed by atoms with E-state index >= 15 is 0 Å². The van der Waals surface area contributed by atoms with Gasteiger partial charge in [-0.15, -0.1) is 11.3 Å². The number of fused-ring (bicyclic) bond motifs is 1. The second kappa shape index (κ2) is 9.10. The fourth-order valence-corrected chi connectivity index (χ4v) is 4.26. The summed E-state index contributed by atoms with van der Waals surface area (Å²) < 4.78 is 0.943. The Bertz CT molecular complexity index is 1090. The van der Waals surface area contributed by atoms with Gasteiger partial charge >= 0.3 is 6.03 Å². The van der Waals surface area contributed by atoms with E-state index in [2.05, 4.69) is 15.6 Å². The SMILES string of the molecule is CC(C)CNC(=O)NC(=O)CSc1nc2scc(-c3ccccc3)c2c(=O)n1N. The molecule has 29 heavy (non-hydrogen) atoms. The van der Waals surface area contributed by atoms with Crippen LogP contribution in [0.4, 0.5) is 4.79 Å². The number of amides is 3. The Kier molecular flexibility index (Phi) is 6.55. The molecule has 0 aliphatic carbocycles. The van der Waals surface area contributed by atoms with E-state index in [1.807, 2.05) is 49.6 Å². The minimum absolute atomic E-state index is 0.0961. The van der Waals surface area contributed by atoms with Crippen LogP contribution in [0.25, 0.3) is 21.3 Å². The van der Waals surface area contributed by atoms with E-state index in [9.17, 15) is 14.4 Å². The summed E-state index contributed by atoms with van der Waals surface area (Å²) in [5.41, 5.74) is 1.30. The summed E-state index contributed by atoms with van der Waals surface area (Å²) in [4.78, 5) is 41.4. The number of carbonyl (C=O) groups excluding carboxylic acids is 2. The smallest absolute Gasteiger partial charge is 0.321 e. The first-order valence-corrected chi connectivity index (χ1v) is 10.8. The van der Waals surface area contributed by atoms with Crippen LogP contribution < -0.4 is 22.0 Å². The summed E-state index contributed by atoms with van der Waals surface area (Å²) in [6.07, 6.45) is 0. The molecule has 0 atom stereocenters. The first-order valence-electron chi connectivity index (χ1n) is 8.92. The topological polar surface area (TPSA) is 119 Å². The summed E-state index contributed by atoms with van der Waals surface area (Å²) in [6, 6.07) is 8.98. The minimum Gasteiger partial charge on any atom is -0.338 e. The average molecular weight is 432 g/mol. The summed E-state index contributed by atoms with van der Waals surface area (Å²) in [6.45, 7) is 4.37. The Balaban J connectivity index is 1.75. The highest BCUT2D eigenvalue weighted by atomic mass is 32.2. The lowest BCUT2D eigenvalue weighted by Crippen LogP contribution is -2.41. The zero-order chi connectivity index (χ0) is 21.0. The third kappa shape index (κ3) is 4.96. The number of hydrogen-bond donors (Lipinski definition) is 3. The molecule has 3 aromatic rings. The molecule has 0 spiro atoms. The highest BCUT2D eigenvalue weighted by Crippen LogP contribution is 2.31. The predicted octanol–water partition coefficient (Wildman–Crippen LogP) is 2.41. The molecule has 0 fully saturated rings. The predicted molar refractivity (Wildman–Crippen MR) is 117 cm³/mol. The third-order valence-electron chi connectivity index (χ3n) is 3.95. The van der Waals surface area contributed by atoms with Crippen molar-refractivity contribution >= 4 is 45.3 Å². The molecule has 10 heteroatoms. The second-order valence-electron chi connectivity index (χ2n) is 6.71. The molecule has 0 aliphatic rings. The molecule has 8 nitrogen and oxygen atoms in total. The molecule has 0 saturated carbocycles. The van der Waals surface area contributed by atoms with Crippen molar-refractivity contribution in [1.29, 1.82) is 0 Å². The molecule has 152 valence electrons. The van der Waals surface area contributed by atoms with Gasteiger partial charge in [0.15, 0.2) is 5.16 Å². The Morgan fingerprint density at radius 2 is 2.00 bits per heavy atom. The Morgan fingerprint density at radius 3 is 2.69 bits per heavy atom. The standard InChI is InChI=1S/C19H21N5O3S2/c1-11(2)8-21-18(27)22-14(25)10-29-19-23-16-15(17(26)24(19)20)13(9-28-16)12-6-4-3-5-7-12/h3-7,9,11H,8,10,20H2,1-2H3,(H2,21,22,25,27). The number of aromatic nitrogens is 2.